The third-order valence-corrected chi connectivity index (χ3v) is 2.81. The molecule has 1 aromatic carbocycles. The molecule has 0 saturated heterocycles. The van der Waals surface area contributed by atoms with Gasteiger partial charge in [-0.05, 0) is 24.3 Å². The quantitative estimate of drug-likeness (QED) is 0.826. The monoisotopic (exact) mass is 308 g/mol. The van der Waals surface area contributed by atoms with E-state index in [-0.39, 0.29) is 10.8 Å². The Morgan fingerprint density at radius 3 is 2.52 bits per heavy atom. The van der Waals surface area contributed by atoms with Crippen molar-refractivity contribution in [3.8, 4) is 11.5 Å². The summed E-state index contributed by atoms with van der Waals surface area (Å²) in [4.78, 5) is 18.7. The summed E-state index contributed by atoms with van der Waals surface area (Å²) >= 11 is 5.75. The van der Waals surface area contributed by atoms with Crippen LogP contribution in [0.15, 0.2) is 30.3 Å². The van der Waals surface area contributed by atoms with Crippen LogP contribution < -0.4 is 9.47 Å². The van der Waals surface area contributed by atoms with E-state index < -0.39 is 5.97 Å². The van der Waals surface area contributed by atoms with E-state index >= 15 is 0 Å². The molecule has 0 fully saturated rings. The second-order valence-corrected chi connectivity index (χ2v) is 4.46. The van der Waals surface area contributed by atoms with Gasteiger partial charge in [-0.1, -0.05) is 11.6 Å². The van der Waals surface area contributed by atoms with Crippen LogP contribution in [0.1, 0.15) is 16.3 Å². The molecule has 0 atom stereocenters. The van der Waals surface area contributed by atoms with E-state index in [1.54, 1.807) is 31.4 Å². The molecule has 0 unspecified atom stereocenters. The van der Waals surface area contributed by atoms with Crippen molar-refractivity contribution in [2.75, 3.05) is 13.7 Å². The first-order chi connectivity index (χ1) is 10.1. The first kappa shape index (κ1) is 15.1. The Hall–Kier alpha value is -2.34. The molecule has 1 heterocycles. The van der Waals surface area contributed by atoms with Crippen LogP contribution in [0.3, 0.4) is 0 Å². The fourth-order valence-corrected chi connectivity index (χ4v) is 1.82. The summed E-state index contributed by atoms with van der Waals surface area (Å²) < 4.78 is 10.6. The summed E-state index contributed by atoms with van der Waals surface area (Å²) in [6.07, 6.45) is 0.354. The van der Waals surface area contributed by atoms with Crippen LogP contribution in [0, 0.1) is 0 Å². The van der Waals surface area contributed by atoms with Crippen LogP contribution in [0.4, 0.5) is 0 Å². The normalized spacial score (nSPS) is 10.2. The van der Waals surface area contributed by atoms with Gasteiger partial charge in [0.05, 0.1) is 13.7 Å². The lowest BCUT2D eigenvalue weighted by Crippen LogP contribution is -2.09. The van der Waals surface area contributed by atoms with Gasteiger partial charge in [-0.15, -0.1) is 0 Å². The number of hydrogen-bond donors (Lipinski definition) is 1. The molecule has 2 aromatic rings. The van der Waals surface area contributed by atoms with Gasteiger partial charge in [0.15, 0.2) is 5.69 Å². The lowest BCUT2D eigenvalue weighted by atomic mass is 10.3. The van der Waals surface area contributed by atoms with E-state index in [1.807, 2.05) is 0 Å². The fraction of sp³-hybridized carbons (Fsp3) is 0.214. The minimum absolute atomic E-state index is 0.0989. The number of aromatic carboxylic acids is 1. The van der Waals surface area contributed by atoms with Crippen molar-refractivity contribution in [1.29, 1.82) is 0 Å². The Labute approximate surface area is 126 Å². The highest BCUT2D eigenvalue weighted by atomic mass is 35.5. The molecule has 1 aromatic heterocycles. The number of hydrogen-bond acceptors (Lipinski definition) is 5. The second-order valence-electron chi connectivity index (χ2n) is 4.07. The number of rotatable bonds is 6. The van der Waals surface area contributed by atoms with Crippen molar-refractivity contribution in [2.24, 2.45) is 0 Å². The molecule has 1 N–H and O–H groups in total. The first-order valence-electron chi connectivity index (χ1n) is 6.12. The molecular weight excluding hydrogens is 296 g/mol. The fourth-order valence-electron chi connectivity index (χ4n) is 1.62. The van der Waals surface area contributed by atoms with Crippen molar-refractivity contribution in [2.45, 2.75) is 6.42 Å². The van der Waals surface area contributed by atoms with Gasteiger partial charge in [-0.3, -0.25) is 0 Å². The van der Waals surface area contributed by atoms with E-state index in [4.69, 9.17) is 26.2 Å². The van der Waals surface area contributed by atoms with Crippen LogP contribution >= 0.6 is 11.6 Å². The Balaban J connectivity index is 1.95. The third kappa shape index (κ3) is 4.32. The zero-order valence-corrected chi connectivity index (χ0v) is 12.0. The van der Waals surface area contributed by atoms with Crippen LogP contribution in [0.2, 0.25) is 5.15 Å². The number of benzene rings is 1. The number of carboxylic acid groups (broad SMARTS) is 1. The molecule has 0 spiro atoms. The van der Waals surface area contributed by atoms with Gasteiger partial charge in [0.1, 0.15) is 22.5 Å². The van der Waals surface area contributed by atoms with Gasteiger partial charge >= 0.3 is 5.97 Å². The Kier molecular flexibility index (Phi) is 4.94. The average Bonchev–Trinajstić information content (AvgIpc) is 2.47. The standard InChI is InChI=1S/C14H13ClN2O4/c1-20-9-2-4-10(5-3-9)21-7-6-13-16-11(14(18)19)8-12(15)17-13/h2-5,8H,6-7H2,1H3,(H,18,19). The first-order valence-corrected chi connectivity index (χ1v) is 6.50. The van der Waals surface area contributed by atoms with Gasteiger partial charge in [-0.25, -0.2) is 14.8 Å². The lowest BCUT2D eigenvalue weighted by Gasteiger charge is -2.07. The molecular formula is C14H13ClN2O4. The minimum atomic E-state index is -1.14. The van der Waals surface area contributed by atoms with Crippen molar-refractivity contribution >= 4 is 17.6 Å². The SMILES string of the molecule is COc1ccc(OCCc2nc(Cl)cc(C(=O)O)n2)cc1. The third-order valence-electron chi connectivity index (χ3n) is 2.61. The molecule has 0 radical (unpaired) electrons. The van der Waals surface area contributed by atoms with Crippen LogP contribution in [-0.2, 0) is 6.42 Å². The number of halogens is 1. The summed E-state index contributed by atoms with van der Waals surface area (Å²) in [6.45, 7) is 0.311. The smallest absolute Gasteiger partial charge is 0.354 e. The summed E-state index contributed by atoms with van der Waals surface area (Å²) in [5.74, 6) is 0.605. The lowest BCUT2D eigenvalue weighted by molar-refractivity contribution is 0.0689. The number of methoxy groups -OCH3 is 1. The van der Waals surface area contributed by atoms with Crippen molar-refractivity contribution in [3.05, 3.63) is 47.0 Å². The summed E-state index contributed by atoms with van der Waals surface area (Å²) in [7, 11) is 1.59. The molecule has 0 saturated carbocycles. The molecule has 7 heteroatoms. The highest BCUT2D eigenvalue weighted by Gasteiger charge is 2.09. The topological polar surface area (TPSA) is 81.5 Å². The molecule has 0 aliphatic rings. The predicted octanol–water partition coefficient (Wildman–Crippen LogP) is 2.46. The van der Waals surface area contributed by atoms with Crippen molar-refractivity contribution in [1.82, 2.24) is 9.97 Å². The average molecular weight is 309 g/mol. The number of carboxylic acids is 1. The largest absolute Gasteiger partial charge is 0.497 e. The summed E-state index contributed by atoms with van der Waals surface area (Å²) in [6, 6.07) is 8.33. The molecule has 21 heavy (non-hydrogen) atoms. The van der Waals surface area contributed by atoms with E-state index in [1.165, 1.54) is 6.07 Å². The Bertz CT molecular complexity index is 631. The number of aromatic nitrogens is 2. The van der Waals surface area contributed by atoms with Gasteiger partial charge < -0.3 is 14.6 Å². The summed E-state index contributed by atoms with van der Waals surface area (Å²) in [5, 5.41) is 8.99. The van der Waals surface area contributed by atoms with Crippen LogP contribution in [-0.4, -0.2) is 34.8 Å². The maximum atomic E-state index is 10.9. The molecule has 110 valence electrons. The van der Waals surface area contributed by atoms with Crippen molar-refractivity contribution < 1.29 is 19.4 Å². The maximum absolute atomic E-state index is 10.9. The molecule has 6 nitrogen and oxygen atoms in total. The molecule has 0 aliphatic carbocycles. The van der Waals surface area contributed by atoms with Gasteiger partial charge in [-0.2, -0.15) is 0 Å². The van der Waals surface area contributed by atoms with Crippen LogP contribution in [0.25, 0.3) is 0 Å². The van der Waals surface area contributed by atoms with Gasteiger partial charge in [0.2, 0.25) is 0 Å². The number of nitrogens with zero attached hydrogens (tertiary/aromatic N) is 2. The zero-order chi connectivity index (χ0) is 15.2. The van der Waals surface area contributed by atoms with E-state index in [0.29, 0.717) is 24.6 Å². The molecule has 0 bridgehead atoms. The van der Waals surface area contributed by atoms with Gasteiger partial charge in [0.25, 0.3) is 0 Å². The van der Waals surface area contributed by atoms with E-state index in [2.05, 4.69) is 9.97 Å². The van der Waals surface area contributed by atoms with Crippen molar-refractivity contribution in [3.63, 3.8) is 0 Å². The van der Waals surface area contributed by atoms with E-state index in [9.17, 15) is 4.79 Å². The number of ether oxygens (including phenoxy) is 2. The highest BCUT2D eigenvalue weighted by molar-refractivity contribution is 6.29. The maximum Gasteiger partial charge on any atom is 0.354 e. The molecule has 0 aliphatic heterocycles. The Morgan fingerprint density at radius 1 is 1.24 bits per heavy atom. The predicted molar refractivity (Wildman–Crippen MR) is 76.2 cm³/mol. The summed E-state index contributed by atoms with van der Waals surface area (Å²) in [5.41, 5.74) is -0.130. The zero-order valence-electron chi connectivity index (χ0n) is 11.2. The highest BCUT2D eigenvalue weighted by Crippen LogP contribution is 2.17. The molecule has 0 amide bonds. The van der Waals surface area contributed by atoms with Gasteiger partial charge in [0, 0.05) is 12.5 Å². The second kappa shape index (κ2) is 6.90. The number of carbonyl (C=O) groups is 1. The Morgan fingerprint density at radius 2 is 1.90 bits per heavy atom. The minimum Gasteiger partial charge on any atom is -0.497 e. The van der Waals surface area contributed by atoms with E-state index in [0.717, 1.165) is 5.75 Å². The molecule has 2 rings (SSSR count). The van der Waals surface area contributed by atoms with Crippen LogP contribution in [0.5, 0.6) is 11.5 Å².